The minimum Gasteiger partial charge on any atom is -0.907 e. The molecule has 8 heteroatoms. The first-order chi connectivity index (χ1) is 4.23. The van der Waals surface area contributed by atoms with Crippen molar-refractivity contribution in [2.45, 2.75) is 0 Å². The van der Waals surface area contributed by atoms with Gasteiger partial charge in [-0.3, -0.25) is 7.32 Å². The number of aromatic nitrogens is 2. The van der Waals surface area contributed by atoms with Crippen molar-refractivity contribution >= 4 is 18.9 Å². The second kappa shape index (κ2) is 9.70. The summed E-state index contributed by atoms with van der Waals surface area (Å²) in [7, 11) is -2.92. The molecule has 0 aliphatic heterocycles. The minimum absolute atomic E-state index is 0. The van der Waals surface area contributed by atoms with Gasteiger partial charge in [0.15, 0.2) is 0 Å². The Morgan fingerprint density at radius 3 is 1.90 bits per heavy atom. The fraction of sp³-hybridized carbons (Fsp3) is 0. The van der Waals surface area contributed by atoms with Crippen molar-refractivity contribution < 1.29 is 50.7 Å². The molecule has 1 heterocycles. The smallest absolute Gasteiger partial charge is 0.907 e. The van der Waals surface area contributed by atoms with Gasteiger partial charge in [0.25, 0.3) is 0 Å². The van der Waals surface area contributed by atoms with Crippen LogP contribution >= 0.6 is 11.5 Å². The monoisotopic (exact) mass is 284 g/mol. The molecule has 0 N–H and O–H groups in total. The van der Waals surface area contributed by atoms with Crippen LogP contribution in [0.4, 0.5) is 0 Å². The molecule has 1 aromatic heterocycles. The Labute approximate surface area is 90.0 Å². The summed E-state index contributed by atoms with van der Waals surface area (Å²) in [6.45, 7) is 0. The maximum Gasteiger partial charge on any atom is 3.00 e. The molecule has 0 aliphatic carbocycles. The summed E-state index contributed by atoms with van der Waals surface area (Å²) < 4.78 is 3.51. The van der Waals surface area contributed by atoms with E-state index < -0.39 is 7.32 Å². The van der Waals surface area contributed by atoms with Crippen molar-refractivity contribution in [1.82, 2.24) is 9.59 Å². The van der Waals surface area contributed by atoms with E-state index in [9.17, 15) is 0 Å². The predicted octanol–water partition coefficient (Wildman–Crippen LogP) is -3.41. The summed E-state index contributed by atoms with van der Waals surface area (Å²) in [5.41, 5.74) is 0. The van der Waals surface area contributed by atoms with E-state index >= 15 is 0 Å². The zero-order valence-electron chi connectivity index (χ0n) is 4.84. The van der Waals surface area contributed by atoms with Crippen LogP contribution in [0.1, 0.15) is 0 Å². The van der Waals surface area contributed by atoms with Crippen LogP contribution in [0.5, 0.6) is 0 Å². The average molecular weight is 284 g/mol. The van der Waals surface area contributed by atoms with Crippen molar-refractivity contribution in [3.05, 3.63) is 11.6 Å². The van der Waals surface area contributed by atoms with Crippen LogP contribution in [0.2, 0.25) is 0 Å². The standard InChI is InChI=1S/C2H2N2S.BO3.La/c1-2-5-4-3-1;2-1(3)4;/h1-2H;;/q;-3;+3. The molecule has 50 valence electrons. The van der Waals surface area contributed by atoms with E-state index in [0.717, 1.165) is 0 Å². The molecule has 0 saturated carbocycles. The van der Waals surface area contributed by atoms with E-state index in [0.29, 0.717) is 0 Å². The predicted molar refractivity (Wildman–Crippen MR) is 25.7 cm³/mol. The molecule has 0 amide bonds. The van der Waals surface area contributed by atoms with E-state index in [4.69, 9.17) is 15.1 Å². The van der Waals surface area contributed by atoms with Gasteiger partial charge in [0.1, 0.15) is 0 Å². The zero-order valence-corrected chi connectivity index (χ0v) is 9.28. The third kappa shape index (κ3) is 15.9. The molecule has 0 fully saturated rings. The Morgan fingerprint density at radius 1 is 1.30 bits per heavy atom. The first kappa shape index (κ1) is 13.3. The van der Waals surface area contributed by atoms with E-state index in [-0.39, 0.29) is 35.6 Å². The maximum atomic E-state index is 8.42. The zero-order chi connectivity index (χ0) is 7.11. The summed E-state index contributed by atoms with van der Waals surface area (Å²) in [5.74, 6) is 0. The van der Waals surface area contributed by atoms with Crippen molar-refractivity contribution in [2.75, 3.05) is 0 Å². The van der Waals surface area contributed by atoms with Crippen LogP contribution in [0.3, 0.4) is 0 Å². The quantitative estimate of drug-likeness (QED) is 0.462. The van der Waals surface area contributed by atoms with Gasteiger partial charge >= 0.3 is 35.6 Å². The van der Waals surface area contributed by atoms with Crippen molar-refractivity contribution in [3.63, 3.8) is 0 Å². The van der Waals surface area contributed by atoms with Crippen LogP contribution in [-0.4, -0.2) is 16.9 Å². The Bertz CT molecular complexity index is 108. The molecule has 0 atom stereocenters. The topological polar surface area (TPSA) is 95.0 Å². The van der Waals surface area contributed by atoms with Crippen molar-refractivity contribution in [1.29, 1.82) is 0 Å². The first-order valence-corrected chi connectivity index (χ1v) is 2.75. The van der Waals surface area contributed by atoms with E-state index in [1.807, 2.05) is 5.38 Å². The van der Waals surface area contributed by atoms with Gasteiger partial charge in [0.05, 0.1) is 6.20 Å². The first-order valence-electron chi connectivity index (χ1n) is 1.92. The average Bonchev–Trinajstić information content (AvgIpc) is 2.11. The molecule has 0 unspecified atom stereocenters. The fourth-order valence-electron chi connectivity index (χ4n) is 0.136. The van der Waals surface area contributed by atoms with Crippen molar-refractivity contribution in [3.8, 4) is 0 Å². The number of hydrogen-bond acceptors (Lipinski definition) is 6. The minimum atomic E-state index is -2.92. The molecule has 10 heavy (non-hydrogen) atoms. The summed E-state index contributed by atoms with van der Waals surface area (Å²) in [6, 6.07) is 0. The Morgan fingerprint density at radius 2 is 1.80 bits per heavy atom. The molecule has 0 aliphatic rings. The second-order valence-electron chi connectivity index (χ2n) is 0.876. The molecule has 1 rings (SSSR count). The summed E-state index contributed by atoms with van der Waals surface area (Å²) in [4.78, 5) is 0. The number of nitrogens with zero attached hydrogens (tertiary/aromatic N) is 2. The molecule has 5 nitrogen and oxygen atoms in total. The number of hydrogen-bond donors (Lipinski definition) is 0. The molecule has 0 aromatic carbocycles. The number of rotatable bonds is 0. The normalized spacial score (nSPS) is 6.70. The van der Waals surface area contributed by atoms with Gasteiger partial charge in [-0.1, -0.05) is 4.49 Å². The van der Waals surface area contributed by atoms with E-state index in [1.54, 1.807) is 6.20 Å². The van der Waals surface area contributed by atoms with Crippen LogP contribution in [-0.2, 0) is 0 Å². The van der Waals surface area contributed by atoms with Crippen LogP contribution < -0.4 is 15.1 Å². The van der Waals surface area contributed by atoms with E-state index in [1.165, 1.54) is 11.5 Å². The van der Waals surface area contributed by atoms with Gasteiger partial charge in [-0.05, 0) is 11.5 Å². The van der Waals surface area contributed by atoms with Crippen LogP contribution in [0.15, 0.2) is 11.6 Å². The van der Waals surface area contributed by atoms with Crippen molar-refractivity contribution in [2.24, 2.45) is 0 Å². The van der Waals surface area contributed by atoms with E-state index in [2.05, 4.69) is 9.59 Å². The molecule has 0 saturated heterocycles. The summed E-state index contributed by atoms with van der Waals surface area (Å²) in [6.07, 6.45) is 1.66. The molecule has 0 radical (unpaired) electrons. The molecule has 0 bridgehead atoms. The Hall–Kier alpha value is 0.700. The molecular weight excluding hydrogens is 282 g/mol. The van der Waals surface area contributed by atoms with Gasteiger partial charge in [-0.2, -0.15) is 0 Å². The third-order valence-corrected chi connectivity index (χ3v) is 0.715. The Kier molecular flexibility index (Phi) is 12.9. The van der Waals surface area contributed by atoms with Gasteiger partial charge in [0, 0.05) is 5.38 Å². The Balaban J connectivity index is 0. The molecule has 0 spiro atoms. The van der Waals surface area contributed by atoms with Gasteiger partial charge < -0.3 is 15.1 Å². The molecule has 1 aromatic rings. The molecular formula is C2H2BLaN2O3S. The van der Waals surface area contributed by atoms with Crippen LogP contribution in [0, 0.1) is 35.6 Å². The third-order valence-electron chi connectivity index (χ3n) is 0.283. The van der Waals surface area contributed by atoms with Gasteiger partial charge in [-0.15, -0.1) is 5.10 Å². The largest absolute Gasteiger partial charge is 3.00 e. The second-order valence-corrected chi connectivity index (χ2v) is 1.52. The van der Waals surface area contributed by atoms with Crippen LogP contribution in [0.25, 0.3) is 0 Å². The van der Waals surface area contributed by atoms with Gasteiger partial charge in [0.2, 0.25) is 0 Å². The summed E-state index contributed by atoms with van der Waals surface area (Å²) in [5, 5.41) is 30.6. The summed E-state index contributed by atoms with van der Waals surface area (Å²) >= 11 is 1.35. The maximum absolute atomic E-state index is 8.42. The van der Waals surface area contributed by atoms with Gasteiger partial charge in [-0.25, -0.2) is 0 Å². The SMILES string of the molecule is [La+3].[O-]B([O-])[O-].c1csnn1. The fourth-order valence-corrected chi connectivity index (χ4v) is 0.408.